The average Bonchev–Trinajstić information content (AvgIpc) is 2.85. The molecule has 0 spiro atoms. The van der Waals surface area contributed by atoms with Gasteiger partial charge in [-0.15, -0.1) is 0 Å². The van der Waals surface area contributed by atoms with Crippen molar-refractivity contribution in [3.8, 4) is 0 Å². The van der Waals surface area contributed by atoms with Crippen molar-refractivity contribution in [2.75, 3.05) is 24.3 Å². The van der Waals surface area contributed by atoms with Gasteiger partial charge in [0.25, 0.3) is 0 Å². The number of hydrogen-bond acceptors (Lipinski definition) is 6. The molecule has 1 aromatic carbocycles. The molecule has 2 aliphatic carbocycles. The number of nitrogens with zero attached hydrogens (tertiary/aromatic N) is 3. The largest absolute Gasteiger partial charge is 0.363 e. The SMILES string of the molecule is CN(C)c1ccnc(NC2CCC(NC(=O)C3CCCC[C@H]3C(=O)c3ccccc3)CC2)n1. The van der Waals surface area contributed by atoms with Gasteiger partial charge in [-0.25, -0.2) is 4.98 Å². The van der Waals surface area contributed by atoms with Crippen LogP contribution in [0.1, 0.15) is 61.7 Å². The van der Waals surface area contributed by atoms with Crippen LogP contribution in [0.5, 0.6) is 0 Å². The fraction of sp³-hybridized carbons (Fsp3) is 0.538. The number of benzene rings is 1. The van der Waals surface area contributed by atoms with Crippen molar-refractivity contribution in [1.82, 2.24) is 15.3 Å². The lowest BCUT2D eigenvalue weighted by Gasteiger charge is -2.34. The number of carbonyl (C=O) groups excluding carboxylic acids is 2. The van der Waals surface area contributed by atoms with E-state index in [-0.39, 0.29) is 29.6 Å². The molecule has 7 nitrogen and oxygen atoms in total. The van der Waals surface area contributed by atoms with Gasteiger partial charge in [-0.3, -0.25) is 9.59 Å². The minimum Gasteiger partial charge on any atom is -0.363 e. The molecule has 0 aliphatic heterocycles. The maximum atomic E-state index is 13.2. The number of aromatic nitrogens is 2. The molecule has 1 unspecified atom stereocenters. The quantitative estimate of drug-likeness (QED) is 0.620. The molecule has 2 aromatic rings. The molecular weight excluding hydrogens is 414 g/mol. The topological polar surface area (TPSA) is 87.2 Å². The number of anilines is 2. The van der Waals surface area contributed by atoms with Crippen molar-refractivity contribution in [3.63, 3.8) is 0 Å². The summed E-state index contributed by atoms with van der Waals surface area (Å²) in [6, 6.07) is 11.8. The van der Waals surface area contributed by atoms with Crippen molar-refractivity contribution in [2.45, 2.75) is 63.5 Å². The third kappa shape index (κ3) is 5.89. The van der Waals surface area contributed by atoms with Gasteiger partial charge < -0.3 is 15.5 Å². The second-order valence-electron chi connectivity index (χ2n) is 9.56. The fourth-order valence-electron chi connectivity index (χ4n) is 5.12. The summed E-state index contributed by atoms with van der Waals surface area (Å²) in [4.78, 5) is 37.1. The van der Waals surface area contributed by atoms with Crippen LogP contribution in [-0.4, -0.2) is 47.8 Å². The maximum Gasteiger partial charge on any atom is 0.224 e. The zero-order valence-electron chi connectivity index (χ0n) is 19.7. The van der Waals surface area contributed by atoms with Crippen LogP contribution < -0.4 is 15.5 Å². The van der Waals surface area contributed by atoms with Crippen LogP contribution in [0.2, 0.25) is 0 Å². The Balaban J connectivity index is 1.30. The number of carbonyl (C=O) groups is 2. The highest BCUT2D eigenvalue weighted by atomic mass is 16.2. The van der Waals surface area contributed by atoms with Crippen molar-refractivity contribution in [3.05, 3.63) is 48.2 Å². The Labute approximate surface area is 196 Å². The molecule has 1 aromatic heterocycles. The van der Waals surface area contributed by atoms with E-state index >= 15 is 0 Å². The third-order valence-corrected chi connectivity index (χ3v) is 7.00. The Hall–Kier alpha value is -2.96. The summed E-state index contributed by atoms with van der Waals surface area (Å²) in [6.07, 6.45) is 9.14. The molecule has 2 atom stereocenters. The van der Waals surface area contributed by atoms with Crippen molar-refractivity contribution in [1.29, 1.82) is 0 Å². The summed E-state index contributed by atoms with van der Waals surface area (Å²) in [5, 5.41) is 6.72. The monoisotopic (exact) mass is 449 g/mol. The summed E-state index contributed by atoms with van der Waals surface area (Å²) in [5.41, 5.74) is 0.717. The molecule has 1 amide bonds. The fourth-order valence-corrected chi connectivity index (χ4v) is 5.12. The van der Waals surface area contributed by atoms with E-state index < -0.39 is 0 Å². The highest BCUT2D eigenvalue weighted by molar-refractivity contribution is 6.00. The molecule has 2 aliphatic rings. The van der Waals surface area contributed by atoms with E-state index in [1.54, 1.807) is 6.20 Å². The standard InChI is InChI=1S/C26H35N5O2/c1-31(2)23-16-17-27-26(30-23)29-20-14-12-19(13-15-20)28-25(33)22-11-7-6-10-21(22)24(32)18-8-4-3-5-9-18/h3-5,8-9,16-17,19-22H,6-7,10-15H2,1-2H3,(H,28,33)(H,27,29,30)/t19?,20?,21-,22?/m1/s1. The second kappa shape index (κ2) is 10.8. The number of hydrogen-bond donors (Lipinski definition) is 2. The highest BCUT2D eigenvalue weighted by Gasteiger charge is 2.37. The first-order chi connectivity index (χ1) is 16.0. The van der Waals surface area contributed by atoms with Crippen LogP contribution in [0.3, 0.4) is 0 Å². The molecule has 7 heteroatoms. The molecule has 4 rings (SSSR count). The Bertz CT molecular complexity index is 941. The molecule has 2 saturated carbocycles. The number of ketones is 1. The number of nitrogens with one attached hydrogen (secondary N) is 2. The van der Waals surface area contributed by atoms with Gasteiger partial charge in [0, 0.05) is 49.8 Å². The molecule has 0 bridgehead atoms. The van der Waals surface area contributed by atoms with Gasteiger partial charge in [0.2, 0.25) is 11.9 Å². The summed E-state index contributed by atoms with van der Waals surface area (Å²) in [5.74, 6) is 1.27. The van der Waals surface area contributed by atoms with Crippen LogP contribution in [0.25, 0.3) is 0 Å². The van der Waals surface area contributed by atoms with E-state index in [9.17, 15) is 9.59 Å². The molecule has 1 heterocycles. The van der Waals surface area contributed by atoms with E-state index in [0.29, 0.717) is 17.6 Å². The predicted octanol–water partition coefficient (Wildman–Crippen LogP) is 4.07. The Morgan fingerprint density at radius 3 is 2.24 bits per heavy atom. The molecular formula is C26H35N5O2. The average molecular weight is 450 g/mol. The first-order valence-electron chi connectivity index (χ1n) is 12.2. The summed E-state index contributed by atoms with van der Waals surface area (Å²) in [7, 11) is 3.93. The van der Waals surface area contributed by atoms with E-state index in [0.717, 1.165) is 57.2 Å². The normalized spacial score (nSPS) is 25.2. The molecule has 2 N–H and O–H groups in total. The highest BCUT2D eigenvalue weighted by Crippen LogP contribution is 2.33. The zero-order valence-corrected chi connectivity index (χ0v) is 19.7. The summed E-state index contributed by atoms with van der Waals surface area (Å²) >= 11 is 0. The number of Topliss-reactive ketones (excluding diaryl/α,β-unsaturated/α-hetero) is 1. The van der Waals surface area contributed by atoms with Gasteiger partial charge in [-0.05, 0) is 44.6 Å². The van der Waals surface area contributed by atoms with Gasteiger partial charge >= 0.3 is 0 Å². The molecule has 33 heavy (non-hydrogen) atoms. The summed E-state index contributed by atoms with van der Waals surface area (Å²) in [6.45, 7) is 0. The van der Waals surface area contributed by atoms with Crippen LogP contribution in [0.15, 0.2) is 42.6 Å². The van der Waals surface area contributed by atoms with Crippen LogP contribution in [-0.2, 0) is 4.79 Å². The van der Waals surface area contributed by atoms with Gasteiger partial charge in [0.05, 0.1) is 0 Å². The van der Waals surface area contributed by atoms with Crippen molar-refractivity contribution >= 4 is 23.5 Å². The Morgan fingerprint density at radius 1 is 0.879 bits per heavy atom. The van der Waals surface area contributed by atoms with Gasteiger partial charge in [-0.2, -0.15) is 4.98 Å². The van der Waals surface area contributed by atoms with E-state index in [4.69, 9.17) is 0 Å². The van der Waals surface area contributed by atoms with Gasteiger partial charge in [0.1, 0.15) is 5.82 Å². The van der Waals surface area contributed by atoms with Gasteiger partial charge in [-0.1, -0.05) is 43.2 Å². The van der Waals surface area contributed by atoms with Crippen LogP contribution in [0, 0.1) is 11.8 Å². The molecule has 0 saturated heterocycles. The van der Waals surface area contributed by atoms with Crippen molar-refractivity contribution in [2.24, 2.45) is 11.8 Å². The van der Waals surface area contributed by atoms with Gasteiger partial charge in [0.15, 0.2) is 5.78 Å². The number of amides is 1. The minimum absolute atomic E-state index is 0.0578. The molecule has 2 fully saturated rings. The lowest BCUT2D eigenvalue weighted by molar-refractivity contribution is -0.128. The second-order valence-corrected chi connectivity index (χ2v) is 9.56. The minimum atomic E-state index is -0.218. The lowest BCUT2D eigenvalue weighted by Crippen LogP contribution is -2.46. The first-order valence-corrected chi connectivity index (χ1v) is 12.2. The lowest BCUT2D eigenvalue weighted by atomic mass is 9.74. The van der Waals surface area contributed by atoms with E-state index in [1.807, 2.05) is 55.4 Å². The smallest absolute Gasteiger partial charge is 0.224 e. The number of rotatable bonds is 7. The predicted molar refractivity (Wildman–Crippen MR) is 130 cm³/mol. The van der Waals surface area contributed by atoms with Crippen LogP contribution in [0.4, 0.5) is 11.8 Å². The van der Waals surface area contributed by atoms with E-state index in [2.05, 4.69) is 20.6 Å². The summed E-state index contributed by atoms with van der Waals surface area (Å²) < 4.78 is 0. The molecule has 0 radical (unpaired) electrons. The Kier molecular flexibility index (Phi) is 7.57. The van der Waals surface area contributed by atoms with Crippen LogP contribution >= 0.6 is 0 Å². The van der Waals surface area contributed by atoms with E-state index in [1.165, 1.54) is 0 Å². The first kappa shape index (κ1) is 23.2. The Morgan fingerprint density at radius 2 is 1.55 bits per heavy atom. The van der Waals surface area contributed by atoms with Crippen molar-refractivity contribution < 1.29 is 9.59 Å². The molecule has 176 valence electrons. The third-order valence-electron chi connectivity index (χ3n) is 7.00. The maximum absolute atomic E-state index is 13.2. The zero-order chi connectivity index (χ0) is 23.2.